The van der Waals surface area contributed by atoms with Gasteiger partial charge in [0.1, 0.15) is 11.8 Å². The van der Waals surface area contributed by atoms with Gasteiger partial charge in [0.25, 0.3) is 5.91 Å². The lowest BCUT2D eigenvalue weighted by Crippen LogP contribution is -2.36. The van der Waals surface area contributed by atoms with Crippen molar-refractivity contribution in [3.8, 4) is 6.07 Å². The first-order valence-electron chi connectivity index (χ1n) is 8.16. The summed E-state index contributed by atoms with van der Waals surface area (Å²) in [5, 5.41) is 15.2. The topological polar surface area (TPSA) is 90.7 Å². The molecule has 1 heterocycles. The molecule has 24 heavy (non-hydrogen) atoms. The van der Waals surface area contributed by atoms with Gasteiger partial charge in [0.15, 0.2) is 0 Å². The summed E-state index contributed by atoms with van der Waals surface area (Å²) in [7, 11) is 0. The number of aromatic nitrogens is 2. The number of nitrogens with one attached hydrogen (secondary N) is 2. The lowest BCUT2D eigenvalue weighted by atomic mass is 9.95. The molecule has 1 amide bonds. The highest BCUT2D eigenvalue weighted by molar-refractivity contribution is 5.92. The average Bonchev–Trinajstić information content (AvgIpc) is 2.63. The Bertz CT molecular complexity index is 762. The van der Waals surface area contributed by atoms with Crippen LogP contribution in [-0.4, -0.2) is 21.9 Å². The normalized spacial score (nSPS) is 14.6. The number of carbonyl (C=O) groups excluding carboxylic acids is 1. The number of rotatable bonds is 4. The minimum absolute atomic E-state index is 0.180. The van der Waals surface area contributed by atoms with E-state index in [1.54, 1.807) is 30.5 Å². The van der Waals surface area contributed by atoms with E-state index in [2.05, 4.69) is 26.7 Å². The Kier molecular flexibility index (Phi) is 5.02. The molecule has 1 aliphatic carbocycles. The maximum Gasteiger partial charge on any atom is 0.270 e. The number of carbonyl (C=O) groups is 1. The fourth-order valence-electron chi connectivity index (χ4n) is 2.86. The molecule has 0 radical (unpaired) electrons. The van der Waals surface area contributed by atoms with Gasteiger partial charge in [0.2, 0.25) is 5.95 Å². The summed E-state index contributed by atoms with van der Waals surface area (Å²) in [5.74, 6) is 0.120. The van der Waals surface area contributed by atoms with Crippen molar-refractivity contribution in [2.75, 3.05) is 5.32 Å². The smallest absolute Gasteiger partial charge is 0.270 e. The number of benzene rings is 1. The summed E-state index contributed by atoms with van der Waals surface area (Å²) in [5.41, 5.74) is 1.44. The fourth-order valence-corrected chi connectivity index (χ4v) is 2.86. The van der Waals surface area contributed by atoms with Crippen LogP contribution >= 0.6 is 0 Å². The summed E-state index contributed by atoms with van der Waals surface area (Å²) in [4.78, 5) is 20.8. The number of amides is 1. The molecule has 0 spiro atoms. The first-order chi connectivity index (χ1) is 11.8. The van der Waals surface area contributed by atoms with E-state index in [0.29, 0.717) is 22.9 Å². The average molecular weight is 321 g/mol. The van der Waals surface area contributed by atoms with Crippen molar-refractivity contribution in [2.45, 2.75) is 38.1 Å². The Balaban J connectivity index is 1.71. The molecule has 3 rings (SSSR count). The van der Waals surface area contributed by atoms with Crippen LogP contribution in [0.25, 0.3) is 0 Å². The van der Waals surface area contributed by atoms with Crippen molar-refractivity contribution in [2.24, 2.45) is 0 Å². The number of nitriles is 1. The van der Waals surface area contributed by atoms with Gasteiger partial charge in [-0.25, -0.2) is 9.97 Å². The van der Waals surface area contributed by atoms with Gasteiger partial charge < -0.3 is 10.6 Å². The maximum atomic E-state index is 12.4. The van der Waals surface area contributed by atoms with Gasteiger partial charge in [-0.05, 0) is 31.0 Å². The third kappa shape index (κ3) is 3.87. The summed E-state index contributed by atoms with van der Waals surface area (Å²) in [6.45, 7) is 0. The van der Waals surface area contributed by atoms with Crippen molar-refractivity contribution in [3.05, 3.63) is 47.8 Å². The molecular weight excluding hydrogens is 302 g/mol. The van der Waals surface area contributed by atoms with Crippen LogP contribution in [0.1, 0.15) is 48.2 Å². The predicted molar refractivity (Wildman–Crippen MR) is 90.8 cm³/mol. The van der Waals surface area contributed by atoms with Crippen LogP contribution in [0.15, 0.2) is 36.5 Å². The zero-order chi connectivity index (χ0) is 16.8. The van der Waals surface area contributed by atoms with E-state index in [0.717, 1.165) is 25.7 Å². The van der Waals surface area contributed by atoms with Crippen LogP contribution in [0.2, 0.25) is 0 Å². The number of nitrogens with zero attached hydrogens (tertiary/aromatic N) is 3. The molecule has 0 bridgehead atoms. The first-order valence-corrected chi connectivity index (χ1v) is 8.16. The number of anilines is 2. The largest absolute Gasteiger partial charge is 0.348 e. The molecule has 0 unspecified atom stereocenters. The Hall–Kier alpha value is -2.94. The Morgan fingerprint density at radius 3 is 2.75 bits per heavy atom. The fraction of sp³-hybridized carbons (Fsp3) is 0.333. The van der Waals surface area contributed by atoms with Crippen LogP contribution in [0.5, 0.6) is 0 Å². The third-order valence-electron chi connectivity index (χ3n) is 4.12. The summed E-state index contributed by atoms with van der Waals surface area (Å²) < 4.78 is 0. The van der Waals surface area contributed by atoms with E-state index in [1.807, 2.05) is 6.07 Å². The summed E-state index contributed by atoms with van der Waals surface area (Å²) in [6.07, 6.45) is 7.15. The molecule has 1 aliphatic rings. The van der Waals surface area contributed by atoms with Crippen LogP contribution in [0.3, 0.4) is 0 Å². The molecule has 0 saturated heterocycles. The number of hydrogen-bond acceptors (Lipinski definition) is 5. The molecule has 6 heteroatoms. The Morgan fingerprint density at radius 1 is 1.17 bits per heavy atom. The van der Waals surface area contributed by atoms with E-state index in [4.69, 9.17) is 5.26 Å². The highest BCUT2D eigenvalue weighted by Gasteiger charge is 2.17. The highest BCUT2D eigenvalue weighted by atomic mass is 16.1. The molecule has 0 atom stereocenters. The maximum absolute atomic E-state index is 12.4. The second kappa shape index (κ2) is 7.55. The Morgan fingerprint density at radius 2 is 1.96 bits per heavy atom. The first kappa shape index (κ1) is 15.9. The molecule has 6 nitrogen and oxygen atoms in total. The van der Waals surface area contributed by atoms with E-state index >= 15 is 0 Å². The highest BCUT2D eigenvalue weighted by Crippen LogP contribution is 2.19. The number of para-hydroxylation sites is 1. The van der Waals surface area contributed by atoms with Crippen molar-refractivity contribution in [1.82, 2.24) is 15.3 Å². The molecule has 122 valence electrons. The quantitative estimate of drug-likeness (QED) is 0.902. The molecule has 0 aliphatic heterocycles. The lowest BCUT2D eigenvalue weighted by Gasteiger charge is -2.22. The minimum atomic E-state index is -0.180. The molecule has 2 aromatic rings. The summed E-state index contributed by atoms with van der Waals surface area (Å²) in [6, 6.07) is 11.0. The molecule has 2 N–H and O–H groups in total. The number of hydrogen-bond donors (Lipinski definition) is 2. The molecule has 1 saturated carbocycles. The third-order valence-corrected chi connectivity index (χ3v) is 4.12. The van der Waals surface area contributed by atoms with Gasteiger partial charge in [-0.1, -0.05) is 31.4 Å². The standard InChI is InChI=1S/C18H19N5O/c19-12-13-6-4-5-9-15(13)22-18-20-11-10-16(23-18)17(24)21-14-7-2-1-3-8-14/h4-6,9-11,14H,1-3,7-8H2,(H,21,24)(H,20,22,23). The van der Waals surface area contributed by atoms with E-state index in [9.17, 15) is 4.79 Å². The SMILES string of the molecule is N#Cc1ccccc1Nc1nccc(C(=O)NC2CCCCC2)n1. The Labute approximate surface area is 140 Å². The van der Waals surface area contributed by atoms with Gasteiger partial charge >= 0.3 is 0 Å². The van der Waals surface area contributed by atoms with Gasteiger partial charge in [0, 0.05) is 12.2 Å². The van der Waals surface area contributed by atoms with Gasteiger partial charge in [-0.3, -0.25) is 4.79 Å². The van der Waals surface area contributed by atoms with E-state index in [1.165, 1.54) is 6.42 Å². The van der Waals surface area contributed by atoms with E-state index < -0.39 is 0 Å². The van der Waals surface area contributed by atoms with Crippen molar-refractivity contribution >= 4 is 17.5 Å². The van der Waals surface area contributed by atoms with Crippen LogP contribution < -0.4 is 10.6 Å². The van der Waals surface area contributed by atoms with Crippen LogP contribution in [0.4, 0.5) is 11.6 Å². The zero-order valence-electron chi connectivity index (χ0n) is 13.3. The second-order valence-corrected chi connectivity index (χ2v) is 5.86. The van der Waals surface area contributed by atoms with Crippen molar-refractivity contribution < 1.29 is 4.79 Å². The van der Waals surface area contributed by atoms with Gasteiger partial charge in [-0.15, -0.1) is 0 Å². The zero-order valence-corrected chi connectivity index (χ0v) is 13.3. The monoisotopic (exact) mass is 321 g/mol. The summed E-state index contributed by atoms with van der Waals surface area (Å²) >= 11 is 0. The second-order valence-electron chi connectivity index (χ2n) is 5.86. The predicted octanol–water partition coefficient (Wildman–Crippen LogP) is 3.15. The molecule has 1 fully saturated rings. The van der Waals surface area contributed by atoms with E-state index in [-0.39, 0.29) is 11.9 Å². The lowest BCUT2D eigenvalue weighted by molar-refractivity contribution is 0.0922. The van der Waals surface area contributed by atoms with Crippen molar-refractivity contribution in [1.29, 1.82) is 5.26 Å². The van der Waals surface area contributed by atoms with Gasteiger partial charge in [-0.2, -0.15) is 5.26 Å². The van der Waals surface area contributed by atoms with Crippen LogP contribution in [0, 0.1) is 11.3 Å². The minimum Gasteiger partial charge on any atom is -0.348 e. The van der Waals surface area contributed by atoms with Crippen LogP contribution in [-0.2, 0) is 0 Å². The molecular formula is C18H19N5O. The van der Waals surface area contributed by atoms with Crippen molar-refractivity contribution in [3.63, 3.8) is 0 Å². The van der Waals surface area contributed by atoms with Gasteiger partial charge in [0.05, 0.1) is 11.3 Å². The molecule has 1 aromatic heterocycles. The molecule has 1 aromatic carbocycles.